The Balaban J connectivity index is 2.02. The molecule has 0 amide bonds. The summed E-state index contributed by atoms with van der Waals surface area (Å²) in [5.74, 6) is 1.18. The zero-order valence-corrected chi connectivity index (χ0v) is 15.4. The fourth-order valence-electron chi connectivity index (χ4n) is 2.74. The second-order valence-corrected chi connectivity index (χ2v) is 6.41. The zero-order chi connectivity index (χ0) is 18.1. The van der Waals surface area contributed by atoms with E-state index in [0.29, 0.717) is 33.7 Å². The van der Waals surface area contributed by atoms with Crippen molar-refractivity contribution in [2.24, 2.45) is 0 Å². The lowest BCUT2D eigenvalue weighted by molar-refractivity contribution is 0.330. The highest BCUT2D eigenvalue weighted by Crippen LogP contribution is 2.31. The Hall–Kier alpha value is -2.63. The van der Waals surface area contributed by atoms with E-state index in [1.54, 1.807) is 0 Å². The maximum atomic E-state index is 6.05. The molecule has 26 heavy (non-hydrogen) atoms. The number of aromatic nitrogens is 4. The van der Waals surface area contributed by atoms with Crippen molar-refractivity contribution in [2.45, 2.75) is 6.92 Å². The van der Waals surface area contributed by atoms with E-state index in [-0.39, 0.29) is 0 Å². The van der Waals surface area contributed by atoms with Gasteiger partial charge in [-0.2, -0.15) is 4.98 Å². The predicted octanol–water partition coefficient (Wildman–Crippen LogP) is 5.19. The van der Waals surface area contributed by atoms with E-state index in [4.69, 9.17) is 32.9 Å². The van der Waals surface area contributed by atoms with Crippen molar-refractivity contribution >= 4 is 34.4 Å². The Morgan fingerprint density at radius 3 is 2.23 bits per heavy atom. The molecule has 0 atom stereocenters. The first kappa shape index (κ1) is 16.8. The van der Waals surface area contributed by atoms with Gasteiger partial charge in [0.2, 0.25) is 5.88 Å². The fraction of sp³-hybridized carbons (Fsp3) is 0.105. The average Bonchev–Trinajstić information content (AvgIpc) is 3.04. The standard InChI is InChI=1S/C19H14Cl2N4O/c1-2-26-19-16-18(22-11-23-19)25(15-9-7-14(21)8-10-15)17(24-16)12-3-5-13(20)6-4-12/h3-11H,2H2,1H3. The van der Waals surface area contributed by atoms with Crippen molar-refractivity contribution in [1.29, 1.82) is 0 Å². The molecule has 2 heterocycles. The number of hydrogen-bond acceptors (Lipinski definition) is 4. The smallest absolute Gasteiger partial charge is 0.245 e. The predicted molar refractivity (Wildman–Crippen MR) is 103 cm³/mol. The van der Waals surface area contributed by atoms with Crippen molar-refractivity contribution in [3.05, 3.63) is 64.9 Å². The number of rotatable bonds is 4. The summed E-state index contributed by atoms with van der Waals surface area (Å²) in [7, 11) is 0. The second kappa shape index (κ2) is 6.94. The van der Waals surface area contributed by atoms with Gasteiger partial charge in [-0.05, 0) is 55.5 Å². The van der Waals surface area contributed by atoms with E-state index >= 15 is 0 Å². The summed E-state index contributed by atoms with van der Waals surface area (Å²) < 4.78 is 7.59. The highest BCUT2D eigenvalue weighted by atomic mass is 35.5. The van der Waals surface area contributed by atoms with Gasteiger partial charge in [0.1, 0.15) is 12.2 Å². The summed E-state index contributed by atoms with van der Waals surface area (Å²) in [6.45, 7) is 2.40. The Labute approximate surface area is 160 Å². The molecule has 0 spiro atoms. The summed E-state index contributed by atoms with van der Waals surface area (Å²) in [5.41, 5.74) is 3.07. The minimum absolute atomic E-state index is 0.459. The van der Waals surface area contributed by atoms with Crippen LogP contribution >= 0.6 is 23.2 Å². The molecule has 0 bridgehead atoms. The lowest BCUT2D eigenvalue weighted by Gasteiger charge is -2.09. The normalized spacial score (nSPS) is 11.0. The molecule has 130 valence electrons. The molecule has 4 aromatic rings. The van der Waals surface area contributed by atoms with E-state index in [0.717, 1.165) is 17.1 Å². The van der Waals surface area contributed by atoms with Crippen LogP contribution in [0.5, 0.6) is 5.88 Å². The molecule has 0 saturated carbocycles. The summed E-state index contributed by atoms with van der Waals surface area (Å²) in [6.07, 6.45) is 1.48. The number of benzene rings is 2. The molecular weight excluding hydrogens is 371 g/mol. The molecule has 0 N–H and O–H groups in total. The van der Waals surface area contributed by atoms with Gasteiger partial charge in [-0.25, -0.2) is 9.97 Å². The van der Waals surface area contributed by atoms with Gasteiger partial charge in [-0.3, -0.25) is 4.57 Å². The van der Waals surface area contributed by atoms with Crippen molar-refractivity contribution in [3.8, 4) is 23.0 Å². The number of hydrogen-bond donors (Lipinski definition) is 0. The van der Waals surface area contributed by atoms with E-state index < -0.39 is 0 Å². The van der Waals surface area contributed by atoms with Crippen LogP contribution in [-0.4, -0.2) is 26.1 Å². The van der Waals surface area contributed by atoms with Crippen LogP contribution in [-0.2, 0) is 0 Å². The second-order valence-electron chi connectivity index (χ2n) is 5.54. The first-order valence-corrected chi connectivity index (χ1v) is 8.81. The molecule has 2 aromatic carbocycles. The number of ether oxygens (including phenoxy) is 1. The quantitative estimate of drug-likeness (QED) is 0.485. The Kier molecular flexibility index (Phi) is 4.49. The van der Waals surface area contributed by atoms with Gasteiger partial charge >= 0.3 is 0 Å². The third kappa shape index (κ3) is 3.00. The molecule has 4 rings (SSSR count). The molecule has 0 radical (unpaired) electrons. The number of imidazole rings is 1. The van der Waals surface area contributed by atoms with Crippen LogP contribution in [0.4, 0.5) is 0 Å². The van der Waals surface area contributed by atoms with Crippen LogP contribution in [0, 0.1) is 0 Å². The summed E-state index contributed by atoms with van der Waals surface area (Å²) in [4.78, 5) is 13.4. The van der Waals surface area contributed by atoms with Crippen molar-refractivity contribution in [1.82, 2.24) is 19.5 Å². The minimum atomic E-state index is 0.459. The van der Waals surface area contributed by atoms with Crippen molar-refractivity contribution < 1.29 is 4.74 Å². The number of nitrogens with zero attached hydrogens (tertiary/aromatic N) is 4. The lowest BCUT2D eigenvalue weighted by atomic mass is 10.2. The van der Waals surface area contributed by atoms with Crippen molar-refractivity contribution in [2.75, 3.05) is 6.61 Å². The van der Waals surface area contributed by atoms with Gasteiger partial charge in [0.05, 0.1) is 6.61 Å². The van der Waals surface area contributed by atoms with Gasteiger partial charge in [0.15, 0.2) is 11.2 Å². The highest BCUT2D eigenvalue weighted by molar-refractivity contribution is 6.30. The van der Waals surface area contributed by atoms with E-state index in [1.807, 2.05) is 60.0 Å². The van der Waals surface area contributed by atoms with Crippen LogP contribution in [0.3, 0.4) is 0 Å². The zero-order valence-electron chi connectivity index (χ0n) is 13.9. The molecule has 0 unspecified atom stereocenters. The van der Waals surface area contributed by atoms with Gasteiger partial charge in [0.25, 0.3) is 0 Å². The van der Waals surface area contributed by atoms with E-state index in [1.165, 1.54) is 6.33 Å². The topological polar surface area (TPSA) is 52.8 Å². The van der Waals surface area contributed by atoms with Crippen LogP contribution < -0.4 is 4.74 Å². The maximum absolute atomic E-state index is 6.05. The Bertz CT molecular complexity index is 1060. The first-order chi connectivity index (χ1) is 12.7. The summed E-state index contributed by atoms with van der Waals surface area (Å²) in [6, 6.07) is 15.0. The monoisotopic (exact) mass is 384 g/mol. The third-order valence-corrected chi connectivity index (χ3v) is 4.38. The third-order valence-electron chi connectivity index (χ3n) is 3.88. The van der Waals surface area contributed by atoms with Crippen LogP contribution in [0.25, 0.3) is 28.2 Å². The molecule has 2 aromatic heterocycles. The average molecular weight is 385 g/mol. The molecule has 0 saturated heterocycles. The Morgan fingerprint density at radius 2 is 1.58 bits per heavy atom. The number of halogens is 2. The number of fused-ring (bicyclic) bond motifs is 1. The van der Waals surface area contributed by atoms with Gasteiger partial charge in [-0.1, -0.05) is 23.2 Å². The first-order valence-electron chi connectivity index (χ1n) is 8.05. The summed E-state index contributed by atoms with van der Waals surface area (Å²) >= 11 is 12.1. The largest absolute Gasteiger partial charge is 0.476 e. The molecule has 0 aliphatic heterocycles. The Morgan fingerprint density at radius 1 is 0.923 bits per heavy atom. The molecule has 0 aliphatic carbocycles. The van der Waals surface area contributed by atoms with E-state index in [2.05, 4.69) is 9.97 Å². The highest BCUT2D eigenvalue weighted by Gasteiger charge is 2.19. The molecule has 7 heteroatoms. The SMILES string of the molecule is CCOc1ncnc2c1nc(-c1ccc(Cl)cc1)n2-c1ccc(Cl)cc1. The molecule has 0 fully saturated rings. The van der Waals surface area contributed by atoms with Crippen LogP contribution in [0.1, 0.15) is 6.92 Å². The lowest BCUT2D eigenvalue weighted by Crippen LogP contribution is -2.00. The van der Waals surface area contributed by atoms with Crippen molar-refractivity contribution in [3.63, 3.8) is 0 Å². The van der Waals surface area contributed by atoms with Gasteiger partial charge in [-0.15, -0.1) is 0 Å². The van der Waals surface area contributed by atoms with Gasteiger partial charge < -0.3 is 4.74 Å². The maximum Gasteiger partial charge on any atom is 0.245 e. The van der Waals surface area contributed by atoms with E-state index in [9.17, 15) is 0 Å². The fourth-order valence-corrected chi connectivity index (χ4v) is 2.99. The molecule has 5 nitrogen and oxygen atoms in total. The summed E-state index contributed by atoms with van der Waals surface area (Å²) in [5, 5.41) is 1.33. The van der Waals surface area contributed by atoms with Gasteiger partial charge in [0, 0.05) is 21.3 Å². The molecule has 0 aliphatic rings. The molecular formula is C19H14Cl2N4O. The van der Waals surface area contributed by atoms with Crippen LogP contribution in [0.2, 0.25) is 10.0 Å². The van der Waals surface area contributed by atoms with Crippen LogP contribution in [0.15, 0.2) is 54.9 Å². The minimum Gasteiger partial charge on any atom is -0.476 e.